The van der Waals surface area contributed by atoms with E-state index in [-0.39, 0.29) is 0 Å². The van der Waals surface area contributed by atoms with Crippen molar-refractivity contribution in [2.24, 2.45) is 0 Å². The van der Waals surface area contributed by atoms with Gasteiger partial charge in [0.15, 0.2) is 6.39 Å². The largest absolute Gasteiger partial charge is 0.448 e. The lowest BCUT2D eigenvalue weighted by atomic mass is 10.3. The molecule has 4 heteroatoms. The molecule has 0 unspecified atom stereocenters. The molecule has 0 radical (unpaired) electrons. The van der Waals surface area contributed by atoms with Crippen LogP contribution in [0.2, 0.25) is 0 Å². The SMILES string of the molecule is CCCOCCc1ocnc1CNC. The molecule has 0 spiro atoms. The molecule has 0 aliphatic carbocycles. The zero-order valence-electron chi connectivity index (χ0n) is 8.88. The number of aromatic nitrogens is 1. The summed E-state index contributed by atoms with van der Waals surface area (Å²) in [6.45, 7) is 4.37. The fourth-order valence-corrected chi connectivity index (χ4v) is 1.22. The summed E-state index contributed by atoms with van der Waals surface area (Å²) >= 11 is 0. The van der Waals surface area contributed by atoms with Gasteiger partial charge in [0.1, 0.15) is 5.76 Å². The molecular weight excluding hydrogens is 180 g/mol. The average molecular weight is 198 g/mol. The van der Waals surface area contributed by atoms with Gasteiger partial charge < -0.3 is 14.5 Å². The summed E-state index contributed by atoms with van der Waals surface area (Å²) in [7, 11) is 1.89. The first-order valence-electron chi connectivity index (χ1n) is 5.02. The third kappa shape index (κ3) is 3.47. The van der Waals surface area contributed by atoms with Crippen LogP contribution in [0.3, 0.4) is 0 Å². The Bertz CT molecular complexity index is 248. The Morgan fingerprint density at radius 1 is 1.50 bits per heavy atom. The summed E-state index contributed by atoms with van der Waals surface area (Å²) in [6.07, 6.45) is 3.35. The van der Waals surface area contributed by atoms with Crippen molar-refractivity contribution in [3.8, 4) is 0 Å². The smallest absolute Gasteiger partial charge is 0.181 e. The molecule has 0 aromatic carbocycles. The van der Waals surface area contributed by atoms with Gasteiger partial charge in [-0.1, -0.05) is 6.92 Å². The Morgan fingerprint density at radius 2 is 2.36 bits per heavy atom. The van der Waals surface area contributed by atoms with Crippen molar-refractivity contribution in [2.45, 2.75) is 26.3 Å². The first-order chi connectivity index (χ1) is 6.88. The fourth-order valence-electron chi connectivity index (χ4n) is 1.22. The van der Waals surface area contributed by atoms with Crippen LogP contribution >= 0.6 is 0 Å². The van der Waals surface area contributed by atoms with Crippen LogP contribution in [0.1, 0.15) is 24.8 Å². The third-order valence-corrected chi connectivity index (χ3v) is 1.89. The molecule has 1 aromatic rings. The van der Waals surface area contributed by atoms with Crippen LogP contribution in [0.4, 0.5) is 0 Å². The lowest BCUT2D eigenvalue weighted by molar-refractivity contribution is 0.134. The Hall–Kier alpha value is -0.870. The van der Waals surface area contributed by atoms with Crippen LogP contribution in [0.5, 0.6) is 0 Å². The van der Waals surface area contributed by atoms with Gasteiger partial charge in [-0.05, 0) is 13.5 Å². The monoisotopic (exact) mass is 198 g/mol. The molecule has 1 aromatic heterocycles. The first kappa shape index (κ1) is 11.2. The van der Waals surface area contributed by atoms with E-state index in [0.29, 0.717) is 6.61 Å². The lowest BCUT2D eigenvalue weighted by Gasteiger charge is -2.01. The first-order valence-corrected chi connectivity index (χ1v) is 5.02. The molecule has 1 heterocycles. The van der Waals surface area contributed by atoms with Crippen molar-refractivity contribution in [1.82, 2.24) is 10.3 Å². The van der Waals surface area contributed by atoms with Crippen LogP contribution in [-0.2, 0) is 17.7 Å². The average Bonchev–Trinajstić information content (AvgIpc) is 2.61. The Balaban J connectivity index is 2.30. The lowest BCUT2D eigenvalue weighted by Crippen LogP contribution is -2.08. The van der Waals surface area contributed by atoms with Crippen LogP contribution < -0.4 is 5.32 Å². The van der Waals surface area contributed by atoms with Gasteiger partial charge in [0.2, 0.25) is 0 Å². The summed E-state index contributed by atoms with van der Waals surface area (Å²) in [6, 6.07) is 0. The number of hydrogen-bond donors (Lipinski definition) is 1. The maximum absolute atomic E-state index is 5.38. The maximum atomic E-state index is 5.38. The number of nitrogens with zero attached hydrogens (tertiary/aromatic N) is 1. The highest BCUT2D eigenvalue weighted by molar-refractivity contribution is 5.06. The van der Waals surface area contributed by atoms with Crippen LogP contribution in [-0.4, -0.2) is 25.2 Å². The predicted octanol–water partition coefficient (Wildman–Crippen LogP) is 1.36. The molecule has 1 rings (SSSR count). The second kappa shape index (κ2) is 6.56. The van der Waals surface area contributed by atoms with E-state index >= 15 is 0 Å². The fraction of sp³-hybridized carbons (Fsp3) is 0.700. The topological polar surface area (TPSA) is 47.3 Å². The van der Waals surface area contributed by atoms with Crippen molar-refractivity contribution >= 4 is 0 Å². The molecular formula is C10H18N2O2. The second-order valence-electron chi connectivity index (χ2n) is 3.11. The number of ether oxygens (including phenoxy) is 1. The Kier molecular flexibility index (Phi) is 5.25. The zero-order chi connectivity index (χ0) is 10.2. The number of hydrogen-bond acceptors (Lipinski definition) is 4. The van der Waals surface area contributed by atoms with Gasteiger partial charge in [-0.3, -0.25) is 0 Å². The van der Waals surface area contributed by atoms with Gasteiger partial charge in [-0.15, -0.1) is 0 Å². The van der Waals surface area contributed by atoms with E-state index in [2.05, 4.69) is 17.2 Å². The molecule has 0 aliphatic rings. The number of rotatable bonds is 7. The Labute approximate surface area is 84.7 Å². The zero-order valence-corrected chi connectivity index (χ0v) is 8.88. The predicted molar refractivity (Wildman–Crippen MR) is 54.1 cm³/mol. The van der Waals surface area contributed by atoms with Gasteiger partial charge in [0.05, 0.1) is 12.3 Å². The molecule has 4 nitrogen and oxygen atoms in total. The van der Waals surface area contributed by atoms with Crippen molar-refractivity contribution in [1.29, 1.82) is 0 Å². The van der Waals surface area contributed by atoms with E-state index in [1.54, 1.807) is 0 Å². The van der Waals surface area contributed by atoms with Crippen LogP contribution in [0.25, 0.3) is 0 Å². The molecule has 14 heavy (non-hydrogen) atoms. The molecule has 0 aliphatic heterocycles. The molecule has 0 saturated heterocycles. The summed E-state index contributed by atoms with van der Waals surface area (Å²) in [5.41, 5.74) is 0.979. The molecule has 0 amide bonds. The minimum Gasteiger partial charge on any atom is -0.448 e. The standard InChI is InChI=1S/C10H18N2O2/c1-3-5-13-6-4-10-9(7-11-2)12-8-14-10/h8,11H,3-7H2,1-2H3. The van der Waals surface area contributed by atoms with Crippen molar-refractivity contribution in [3.05, 3.63) is 17.8 Å². The number of nitrogens with one attached hydrogen (secondary N) is 1. The van der Waals surface area contributed by atoms with E-state index in [4.69, 9.17) is 9.15 Å². The van der Waals surface area contributed by atoms with Gasteiger partial charge in [-0.2, -0.15) is 0 Å². The van der Waals surface area contributed by atoms with Gasteiger partial charge >= 0.3 is 0 Å². The third-order valence-electron chi connectivity index (χ3n) is 1.89. The van der Waals surface area contributed by atoms with Crippen LogP contribution in [0.15, 0.2) is 10.8 Å². The summed E-state index contributed by atoms with van der Waals surface area (Å²) in [5, 5.41) is 3.05. The highest BCUT2D eigenvalue weighted by atomic mass is 16.5. The van der Waals surface area contributed by atoms with Crippen LogP contribution in [0, 0.1) is 0 Å². The molecule has 0 atom stereocenters. The van der Waals surface area contributed by atoms with Crippen molar-refractivity contribution < 1.29 is 9.15 Å². The van der Waals surface area contributed by atoms with Crippen molar-refractivity contribution in [3.63, 3.8) is 0 Å². The second-order valence-corrected chi connectivity index (χ2v) is 3.11. The highest BCUT2D eigenvalue weighted by Gasteiger charge is 2.06. The van der Waals surface area contributed by atoms with E-state index in [1.807, 2.05) is 7.05 Å². The van der Waals surface area contributed by atoms with E-state index in [0.717, 1.165) is 37.4 Å². The van der Waals surface area contributed by atoms with E-state index in [9.17, 15) is 0 Å². The molecule has 1 N–H and O–H groups in total. The number of oxazole rings is 1. The molecule has 0 saturated carbocycles. The molecule has 0 fully saturated rings. The minimum absolute atomic E-state index is 0.708. The van der Waals surface area contributed by atoms with E-state index < -0.39 is 0 Å². The summed E-state index contributed by atoms with van der Waals surface area (Å²) in [4.78, 5) is 4.12. The summed E-state index contributed by atoms with van der Waals surface area (Å²) in [5.74, 6) is 0.926. The molecule has 80 valence electrons. The normalized spacial score (nSPS) is 10.7. The van der Waals surface area contributed by atoms with Crippen molar-refractivity contribution in [2.75, 3.05) is 20.3 Å². The summed E-state index contributed by atoms with van der Waals surface area (Å²) < 4.78 is 10.6. The molecule has 0 bridgehead atoms. The van der Waals surface area contributed by atoms with E-state index in [1.165, 1.54) is 6.39 Å². The Morgan fingerprint density at radius 3 is 3.07 bits per heavy atom. The van der Waals surface area contributed by atoms with Gasteiger partial charge in [0.25, 0.3) is 0 Å². The highest BCUT2D eigenvalue weighted by Crippen LogP contribution is 2.07. The van der Waals surface area contributed by atoms with Gasteiger partial charge in [0, 0.05) is 19.6 Å². The maximum Gasteiger partial charge on any atom is 0.181 e. The van der Waals surface area contributed by atoms with Gasteiger partial charge in [-0.25, -0.2) is 4.98 Å². The minimum atomic E-state index is 0.708. The quantitative estimate of drug-likeness (QED) is 0.672.